The molecule has 2 nitrogen and oxygen atoms in total. The van der Waals surface area contributed by atoms with Gasteiger partial charge in [0.05, 0.1) is 22.4 Å². The highest BCUT2D eigenvalue weighted by Gasteiger charge is 2.21. The lowest BCUT2D eigenvalue weighted by Crippen LogP contribution is -2.11. The van der Waals surface area contributed by atoms with Crippen LogP contribution in [-0.4, -0.2) is 4.57 Å². The minimum absolute atomic E-state index is 1.08. The van der Waals surface area contributed by atoms with E-state index in [1.54, 1.807) is 0 Å². The second-order valence-electron chi connectivity index (χ2n) is 16.5. The van der Waals surface area contributed by atoms with Crippen molar-refractivity contribution in [2.45, 2.75) is 0 Å². The molecule has 0 unspecified atom stereocenters. The summed E-state index contributed by atoms with van der Waals surface area (Å²) in [6, 6.07) is 92.8. The van der Waals surface area contributed by atoms with Crippen LogP contribution in [0.4, 0.5) is 17.1 Å². The lowest BCUT2D eigenvalue weighted by atomic mass is 9.92. The molecular weight excluding hydrogens is 773 g/mol. The Morgan fingerprint density at radius 2 is 0.797 bits per heavy atom. The summed E-state index contributed by atoms with van der Waals surface area (Å²) in [7, 11) is 0. The molecule has 300 valence electrons. The van der Waals surface area contributed by atoms with E-state index in [0.717, 1.165) is 33.9 Å². The van der Waals surface area contributed by atoms with Crippen molar-refractivity contribution in [1.82, 2.24) is 4.57 Å². The summed E-state index contributed by atoms with van der Waals surface area (Å²) < 4.78 is 2.44. The molecule has 0 saturated heterocycles. The molecule has 0 aliphatic rings. The summed E-state index contributed by atoms with van der Waals surface area (Å²) >= 11 is 0. The van der Waals surface area contributed by atoms with Gasteiger partial charge in [0.25, 0.3) is 0 Å². The minimum atomic E-state index is 1.08. The maximum atomic E-state index is 2.44. The maximum absolute atomic E-state index is 2.44. The summed E-state index contributed by atoms with van der Waals surface area (Å²) in [4.78, 5) is 2.43. The Balaban J connectivity index is 1.03. The molecule has 0 saturated carbocycles. The van der Waals surface area contributed by atoms with E-state index in [0.29, 0.717) is 0 Å². The Morgan fingerprint density at radius 1 is 0.266 bits per heavy atom. The molecule has 0 amide bonds. The molecule has 2 heteroatoms. The third kappa shape index (κ3) is 6.44. The fourth-order valence-corrected chi connectivity index (χ4v) is 9.81. The van der Waals surface area contributed by atoms with Gasteiger partial charge in [-0.25, -0.2) is 0 Å². The lowest BCUT2D eigenvalue weighted by Gasteiger charge is -2.28. The summed E-state index contributed by atoms with van der Waals surface area (Å²) in [6.07, 6.45) is 0. The molecule has 0 atom stereocenters. The van der Waals surface area contributed by atoms with Gasteiger partial charge in [-0.1, -0.05) is 200 Å². The first-order valence-electron chi connectivity index (χ1n) is 22.0. The smallest absolute Gasteiger partial charge is 0.0541 e. The number of anilines is 3. The number of rotatable bonds is 8. The standard InChI is InChI=1S/C62H42N2/c1-2-18-45(19-3-1)58-42-50(39-40-54(58)55-26-10-13-29-60(55)64-61-30-14-11-27-56(61)57-28-12-15-31-62(57)64)63(59-32-16-22-44-20-6-7-25-53(44)59)49-37-35-46(36-38-49)51-23-8-9-24-52(51)48-34-33-43-17-4-5-21-47(43)41-48/h1-42H. The molecule has 0 N–H and O–H groups in total. The Bertz CT molecular complexity index is 3610. The maximum Gasteiger partial charge on any atom is 0.0541 e. The molecule has 0 aliphatic heterocycles. The van der Waals surface area contributed by atoms with Gasteiger partial charge >= 0.3 is 0 Å². The number of fused-ring (bicyclic) bond motifs is 5. The number of benzene rings is 11. The molecule has 0 bridgehead atoms. The van der Waals surface area contributed by atoms with Gasteiger partial charge in [0.2, 0.25) is 0 Å². The first-order valence-corrected chi connectivity index (χ1v) is 22.0. The van der Waals surface area contributed by atoms with Gasteiger partial charge in [-0.2, -0.15) is 0 Å². The van der Waals surface area contributed by atoms with Crippen LogP contribution in [0.15, 0.2) is 255 Å². The number of hydrogen-bond donors (Lipinski definition) is 0. The number of para-hydroxylation sites is 3. The molecule has 0 fully saturated rings. The average Bonchev–Trinajstić information content (AvgIpc) is 3.71. The SMILES string of the molecule is c1ccc(-c2cc(N(c3ccc(-c4ccccc4-c4ccc5ccccc5c4)cc3)c3cccc4ccccc34)ccc2-c2ccccc2-n2c3ccccc3c3ccccc32)cc1. The predicted octanol–water partition coefficient (Wildman–Crippen LogP) is 17.2. The van der Waals surface area contributed by atoms with E-state index in [1.165, 1.54) is 76.7 Å². The predicted molar refractivity (Wildman–Crippen MR) is 272 cm³/mol. The van der Waals surface area contributed by atoms with E-state index in [1.807, 2.05) is 0 Å². The van der Waals surface area contributed by atoms with Gasteiger partial charge in [-0.15, -0.1) is 0 Å². The second-order valence-corrected chi connectivity index (χ2v) is 16.5. The van der Waals surface area contributed by atoms with Crippen LogP contribution in [0.25, 0.3) is 93.5 Å². The molecule has 0 radical (unpaired) electrons. The fourth-order valence-electron chi connectivity index (χ4n) is 9.81. The van der Waals surface area contributed by atoms with E-state index < -0.39 is 0 Å². The number of hydrogen-bond acceptors (Lipinski definition) is 1. The Hall–Kier alpha value is -8.46. The van der Waals surface area contributed by atoms with Crippen molar-refractivity contribution in [3.8, 4) is 50.2 Å². The zero-order valence-corrected chi connectivity index (χ0v) is 35.1. The molecule has 12 aromatic rings. The van der Waals surface area contributed by atoms with Gasteiger partial charge in [-0.3, -0.25) is 0 Å². The summed E-state index contributed by atoms with van der Waals surface area (Å²) in [5.74, 6) is 0. The monoisotopic (exact) mass is 814 g/mol. The van der Waals surface area contributed by atoms with Crippen LogP contribution in [0.5, 0.6) is 0 Å². The van der Waals surface area contributed by atoms with Crippen LogP contribution in [-0.2, 0) is 0 Å². The van der Waals surface area contributed by atoms with Crippen molar-refractivity contribution < 1.29 is 0 Å². The molecule has 1 aromatic heterocycles. The third-order valence-corrected chi connectivity index (χ3v) is 12.8. The zero-order valence-electron chi connectivity index (χ0n) is 35.1. The van der Waals surface area contributed by atoms with E-state index in [-0.39, 0.29) is 0 Å². The lowest BCUT2D eigenvalue weighted by molar-refractivity contribution is 1.18. The van der Waals surface area contributed by atoms with Crippen molar-refractivity contribution in [2.24, 2.45) is 0 Å². The van der Waals surface area contributed by atoms with Crippen molar-refractivity contribution in [3.05, 3.63) is 255 Å². The Labute approximate surface area is 373 Å². The van der Waals surface area contributed by atoms with E-state index in [2.05, 4.69) is 264 Å². The van der Waals surface area contributed by atoms with Crippen molar-refractivity contribution in [1.29, 1.82) is 0 Å². The molecule has 0 spiro atoms. The Kier molecular flexibility index (Phi) is 9.20. The number of aromatic nitrogens is 1. The largest absolute Gasteiger partial charge is 0.310 e. The molecule has 12 rings (SSSR count). The minimum Gasteiger partial charge on any atom is -0.310 e. The average molecular weight is 815 g/mol. The summed E-state index contributed by atoms with van der Waals surface area (Å²) in [5, 5.41) is 7.38. The second kappa shape index (κ2) is 15.8. The highest BCUT2D eigenvalue weighted by molar-refractivity contribution is 6.10. The van der Waals surface area contributed by atoms with Crippen LogP contribution in [0.2, 0.25) is 0 Å². The Morgan fingerprint density at radius 3 is 1.55 bits per heavy atom. The first kappa shape index (κ1) is 37.3. The zero-order chi connectivity index (χ0) is 42.4. The molecular formula is C62H42N2. The van der Waals surface area contributed by atoms with Gasteiger partial charge in [0, 0.05) is 33.1 Å². The van der Waals surface area contributed by atoms with Gasteiger partial charge in [0.1, 0.15) is 0 Å². The van der Waals surface area contributed by atoms with Crippen molar-refractivity contribution >= 4 is 60.4 Å². The normalized spacial score (nSPS) is 11.4. The highest BCUT2D eigenvalue weighted by Crippen LogP contribution is 2.45. The van der Waals surface area contributed by atoms with E-state index >= 15 is 0 Å². The van der Waals surface area contributed by atoms with Crippen LogP contribution >= 0.6 is 0 Å². The highest BCUT2D eigenvalue weighted by atomic mass is 15.1. The van der Waals surface area contributed by atoms with Gasteiger partial charge < -0.3 is 9.47 Å². The fraction of sp³-hybridized carbons (Fsp3) is 0. The van der Waals surface area contributed by atoms with E-state index in [9.17, 15) is 0 Å². The molecule has 64 heavy (non-hydrogen) atoms. The third-order valence-electron chi connectivity index (χ3n) is 12.8. The summed E-state index contributed by atoms with van der Waals surface area (Å²) in [5.41, 5.74) is 16.3. The van der Waals surface area contributed by atoms with Gasteiger partial charge in [-0.05, 0) is 110 Å². The number of nitrogens with zero attached hydrogens (tertiary/aromatic N) is 2. The van der Waals surface area contributed by atoms with Crippen molar-refractivity contribution in [3.63, 3.8) is 0 Å². The van der Waals surface area contributed by atoms with Crippen molar-refractivity contribution in [2.75, 3.05) is 4.90 Å². The van der Waals surface area contributed by atoms with E-state index in [4.69, 9.17) is 0 Å². The molecule has 11 aromatic carbocycles. The van der Waals surface area contributed by atoms with Crippen LogP contribution < -0.4 is 4.90 Å². The first-order chi connectivity index (χ1) is 31.8. The van der Waals surface area contributed by atoms with Crippen LogP contribution in [0, 0.1) is 0 Å². The molecule has 1 heterocycles. The molecule has 0 aliphatic carbocycles. The van der Waals surface area contributed by atoms with Crippen LogP contribution in [0.3, 0.4) is 0 Å². The van der Waals surface area contributed by atoms with Gasteiger partial charge in [0.15, 0.2) is 0 Å². The quantitative estimate of drug-likeness (QED) is 0.148. The summed E-state index contributed by atoms with van der Waals surface area (Å²) in [6.45, 7) is 0. The topological polar surface area (TPSA) is 8.17 Å². The van der Waals surface area contributed by atoms with Crippen LogP contribution in [0.1, 0.15) is 0 Å².